The third-order valence-corrected chi connectivity index (χ3v) is 4.46. The van der Waals surface area contributed by atoms with Crippen LogP contribution in [0.5, 0.6) is 0 Å². The molecule has 0 saturated carbocycles. The maximum atomic E-state index is 12.3. The van der Waals surface area contributed by atoms with Gasteiger partial charge in [0.05, 0.1) is 11.1 Å². The van der Waals surface area contributed by atoms with E-state index < -0.39 is 0 Å². The van der Waals surface area contributed by atoms with Crippen molar-refractivity contribution in [3.8, 4) is 0 Å². The van der Waals surface area contributed by atoms with Crippen molar-refractivity contribution in [2.24, 2.45) is 0 Å². The number of nitrogens with zero attached hydrogens (tertiary/aromatic N) is 1. The molecule has 5 nitrogen and oxygen atoms in total. The zero-order valence-corrected chi connectivity index (χ0v) is 14.7. The van der Waals surface area contributed by atoms with E-state index in [0.717, 1.165) is 12.0 Å². The normalized spacial score (nSPS) is 14.3. The van der Waals surface area contributed by atoms with E-state index in [1.165, 1.54) is 11.8 Å². The van der Waals surface area contributed by atoms with Crippen molar-refractivity contribution < 1.29 is 19.1 Å². The highest BCUT2D eigenvalue weighted by molar-refractivity contribution is 6.21. The van der Waals surface area contributed by atoms with Gasteiger partial charge in [-0.3, -0.25) is 19.3 Å². The molecule has 0 aromatic heterocycles. The number of hydrogen-bond acceptors (Lipinski definition) is 4. The van der Waals surface area contributed by atoms with Gasteiger partial charge in [0.25, 0.3) is 11.8 Å². The first-order chi connectivity index (χ1) is 12.6. The molecule has 0 bridgehead atoms. The third kappa shape index (κ3) is 3.82. The number of imide groups is 1. The average molecular weight is 351 g/mol. The lowest BCUT2D eigenvalue weighted by atomic mass is 10.0. The maximum absolute atomic E-state index is 12.3. The van der Waals surface area contributed by atoms with Gasteiger partial charge in [0.15, 0.2) is 0 Å². The lowest BCUT2D eigenvalue weighted by Crippen LogP contribution is -2.30. The minimum absolute atomic E-state index is 0.231. The van der Waals surface area contributed by atoms with Crippen molar-refractivity contribution in [2.75, 3.05) is 6.54 Å². The van der Waals surface area contributed by atoms with Crippen LogP contribution in [0.1, 0.15) is 58.6 Å². The van der Waals surface area contributed by atoms with Gasteiger partial charge in [-0.1, -0.05) is 42.5 Å². The highest BCUT2D eigenvalue weighted by atomic mass is 16.5. The van der Waals surface area contributed by atoms with Crippen molar-refractivity contribution in [3.63, 3.8) is 0 Å². The van der Waals surface area contributed by atoms with Gasteiger partial charge in [-0.05, 0) is 37.0 Å². The minimum atomic E-state index is -0.320. The van der Waals surface area contributed by atoms with Gasteiger partial charge >= 0.3 is 5.97 Å². The first kappa shape index (κ1) is 17.9. The van der Waals surface area contributed by atoms with Crippen molar-refractivity contribution in [1.82, 2.24) is 4.90 Å². The van der Waals surface area contributed by atoms with E-state index in [1.54, 1.807) is 24.3 Å². The fourth-order valence-corrected chi connectivity index (χ4v) is 3.20. The number of unbranched alkanes of at least 4 members (excludes halogenated alkanes) is 1. The summed E-state index contributed by atoms with van der Waals surface area (Å²) in [7, 11) is 0. The van der Waals surface area contributed by atoms with Crippen LogP contribution >= 0.6 is 0 Å². The number of esters is 1. The third-order valence-electron chi connectivity index (χ3n) is 4.46. The van der Waals surface area contributed by atoms with Crippen molar-refractivity contribution in [3.05, 3.63) is 71.3 Å². The van der Waals surface area contributed by atoms with Crippen molar-refractivity contribution in [1.29, 1.82) is 0 Å². The van der Waals surface area contributed by atoms with E-state index in [2.05, 4.69) is 0 Å². The molecule has 0 radical (unpaired) electrons. The fraction of sp³-hybridized carbons (Fsp3) is 0.286. The Kier molecular flexibility index (Phi) is 5.46. The van der Waals surface area contributed by atoms with Crippen LogP contribution in [0.25, 0.3) is 0 Å². The van der Waals surface area contributed by atoms with Gasteiger partial charge < -0.3 is 4.74 Å². The molecule has 26 heavy (non-hydrogen) atoms. The lowest BCUT2D eigenvalue weighted by molar-refractivity contribution is -0.147. The van der Waals surface area contributed by atoms with E-state index in [0.29, 0.717) is 30.5 Å². The molecular formula is C21H21NO4. The summed E-state index contributed by atoms with van der Waals surface area (Å²) in [5, 5.41) is 0. The molecule has 0 fully saturated rings. The number of fused-ring (bicyclic) bond motifs is 1. The summed E-state index contributed by atoms with van der Waals surface area (Å²) in [6, 6.07) is 16.5. The Morgan fingerprint density at radius 1 is 0.923 bits per heavy atom. The molecule has 3 rings (SSSR count). The molecule has 2 aromatic carbocycles. The summed E-state index contributed by atoms with van der Waals surface area (Å²) in [6.45, 7) is 1.77. The molecule has 2 amide bonds. The first-order valence-corrected chi connectivity index (χ1v) is 8.75. The molecule has 1 aliphatic rings. The van der Waals surface area contributed by atoms with Gasteiger partial charge in [-0.2, -0.15) is 0 Å². The van der Waals surface area contributed by atoms with Crippen LogP contribution in [0.4, 0.5) is 0 Å². The Labute approximate surface area is 152 Å². The number of amides is 2. The molecule has 0 unspecified atom stereocenters. The average Bonchev–Trinajstić information content (AvgIpc) is 2.89. The molecule has 134 valence electrons. The largest absolute Gasteiger partial charge is 0.458 e. The van der Waals surface area contributed by atoms with Gasteiger partial charge in [-0.15, -0.1) is 0 Å². The van der Waals surface area contributed by atoms with Crippen LogP contribution in [0, 0.1) is 0 Å². The predicted octanol–water partition coefficient (Wildman–Crippen LogP) is 3.76. The van der Waals surface area contributed by atoms with Crippen LogP contribution in [-0.4, -0.2) is 29.2 Å². The molecule has 1 heterocycles. The number of ether oxygens (including phenoxy) is 1. The Balaban J connectivity index is 1.55. The molecule has 0 spiro atoms. The summed E-state index contributed by atoms with van der Waals surface area (Å²) >= 11 is 0. The second-order valence-electron chi connectivity index (χ2n) is 6.31. The lowest BCUT2D eigenvalue weighted by Gasteiger charge is -2.18. The monoisotopic (exact) mass is 351 g/mol. The van der Waals surface area contributed by atoms with Crippen LogP contribution in [-0.2, 0) is 9.53 Å². The molecule has 0 saturated heterocycles. The second kappa shape index (κ2) is 7.95. The zero-order valence-electron chi connectivity index (χ0n) is 14.7. The van der Waals surface area contributed by atoms with Gasteiger partial charge in [0.1, 0.15) is 6.10 Å². The number of rotatable bonds is 7. The number of hydrogen-bond donors (Lipinski definition) is 0. The number of carbonyl (C=O) groups is 3. The Hall–Kier alpha value is -2.95. The van der Waals surface area contributed by atoms with Crippen molar-refractivity contribution >= 4 is 17.8 Å². The summed E-state index contributed by atoms with van der Waals surface area (Å²) in [6.07, 6.45) is 1.74. The maximum Gasteiger partial charge on any atom is 0.303 e. The first-order valence-electron chi connectivity index (χ1n) is 8.75. The molecule has 2 aromatic rings. The summed E-state index contributed by atoms with van der Waals surface area (Å²) in [5.41, 5.74) is 1.89. The highest BCUT2D eigenvalue weighted by Gasteiger charge is 2.34. The minimum Gasteiger partial charge on any atom is -0.458 e. The SMILES string of the molecule is CC(=O)O[C@H](CCCCN1C(=O)c2ccccc2C1=O)c1ccccc1. The van der Waals surface area contributed by atoms with Crippen LogP contribution in [0.3, 0.4) is 0 Å². The van der Waals surface area contributed by atoms with E-state index in [1.807, 2.05) is 30.3 Å². The van der Waals surface area contributed by atoms with Gasteiger partial charge in [-0.25, -0.2) is 0 Å². The fourth-order valence-electron chi connectivity index (χ4n) is 3.20. The molecule has 1 aliphatic heterocycles. The topological polar surface area (TPSA) is 63.7 Å². The van der Waals surface area contributed by atoms with E-state index >= 15 is 0 Å². The number of benzene rings is 2. The molecule has 1 atom stereocenters. The molecule has 5 heteroatoms. The van der Waals surface area contributed by atoms with Gasteiger partial charge in [0, 0.05) is 13.5 Å². The standard InChI is InChI=1S/C21H21NO4/c1-15(23)26-19(16-9-3-2-4-10-16)13-7-8-14-22-20(24)17-11-5-6-12-18(17)21(22)25/h2-6,9-12,19H,7-8,13-14H2,1H3/t19-/m1/s1. The van der Waals surface area contributed by atoms with E-state index in [4.69, 9.17) is 4.74 Å². The molecular weight excluding hydrogens is 330 g/mol. The zero-order chi connectivity index (χ0) is 18.5. The predicted molar refractivity (Wildman–Crippen MR) is 96.6 cm³/mol. The van der Waals surface area contributed by atoms with Crippen molar-refractivity contribution in [2.45, 2.75) is 32.3 Å². The van der Waals surface area contributed by atoms with E-state index in [9.17, 15) is 14.4 Å². The highest BCUT2D eigenvalue weighted by Crippen LogP contribution is 2.26. The van der Waals surface area contributed by atoms with Crippen LogP contribution in [0.2, 0.25) is 0 Å². The van der Waals surface area contributed by atoms with Crippen LogP contribution < -0.4 is 0 Å². The molecule has 0 N–H and O–H groups in total. The molecule has 0 aliphatic carbocycles. The summed E-state index contributed by atoms with van der Waals surface area (Å²) in [4.78, 5) is 37.3. The second-order valence-corrected chi connectivity index (χ2v) is 6.31. The van der Waals surface area contributed by atoms with Crippen LogP contribution in [0.15, 0.2) is 54.6 Å². The quantitative estimate of drug-likeness (QED) is 0.433. The van der Waals surface area contributed by atoms with Gasteiger partial charge in [0.2, 0.25) is 0 Å². The Morgan fingerprint density at radius 3 is 2.08 bits per heavy atom. The number of carbonyl (C=O) groups excluding carboxylic acids is 3. The summed E-state index contributed by atoms with van der Waals surface area (Å²) < 4.78 is 5.41. The summed E-state index contributed by atoms with van der Waals surface area (Å²) in [5.74, 6) is -0.783. The Morgan fingerprint density at radius 2 is 1.50 bits per heavy atom. The van der Waals surface area contributed by atoms with E-state index in [-0.39, 0.29) is 23.9 Å². The smallest absolute Gasteiger partial charge is 0.303 e. The Bertz CT molecular complexity index is 781.